The number of halogens is 1. The number of carbonyl (C=O) groups is 1. The molecule has 20 heavy (non-hydrogen) atoms. The lowest BCUT2D eigenvalue weighted by Crippen LogP contribution is -2.49. The van der Waals surface area contributed by atoms with Gasteiger partial charge in [0, 0.05) is 16.0 Å². The summed E-state index contributed by atoms with van der Waals surface area (Å²) in [5, 5.41) is 10.3. The van der Waals surface area contributed by atoms with E-state index in [1.54, 1.807) is 4.90 Å². The summed E-state index contributed by atoms with van der Waals surface area (Å²) in [6.07, 6.45) is 6.13. The number of nitrogens with zero attached hydrogens (tertiary/aromatic N) is 1. The molecule has 120 valence electrons. The smallest absolute Gasteiger partial charge is 0.252 e. The van der Waals surface area contributed by atoms with Crippen LogP contribution < -0.4 is 0 Å². The van der Waals surface area contributed by atoms with Gasteiger partial charge in [-0.2, -0.15) is 0 Å². The fourth-order valence-corrected chi connectivity index (χ4v) is 3.26. The van der Waals surface area contributed by atoms with Crippen LogP contribution in [0, 0.1) is 0 Å². The van der Waals surface area contributed by atoms with Crippen LogP contribution in [-0.2, 0) is 4.79 Å². The van der Waals surface area contributed by atoms with Crippen LogP contribution in [0.5, 0.6) is 0 Å². The summed E-state index contributed by atoms with van der Waals surface area (Å²) in [6, 6.07) is 0.260. The molecule has 0 saturated carbocycles. The van der Waals surface area contributed by atoms with Gasteiger partial charge in [-0.05, 0) is 34.1 Å². The van der Waals surface area contributed by atoms with Crippen molar-refractivity contribution in [2.24, 2.45) is 0 Å². The predicted molar refractivity (Wildman–Crippen MR) is 94.3 cm³/mol. The van der Waals surface area contributed by atoms with Gasteiger partial charge in [-0.25, -0.2) is 0 Å². The van der Waals surface area contributed by atoms with Crippen LogP contribution >= 0.6 is 22.6 Å². The van der Waals surface area contributed by atoms with Gasteiger partial charge in [-0.1, -0.05) is 61.6 Å². The van der Waals surface area contributed by atoms with Gasteiger partial charge < -0.3 is 10.0 Å². The number of rotatable bonds is 10. The average molecular weight is 397 g/mol. The van der Waals surface area contributed by atoms with Gasteiger partial charge in [0.1, 0.15) is 6.10 Å². The standard InChI is InChI=1S/C16H32INO2/c1-6-7-8-9-10-11-14(17)15(19)16(20)18(12(2)3)13(4)5/h12-15,19H,6-11H2,1-5H3/t14-,15-/m1/s1. The summed E-state index contributed by atoms with van der Waals surface area (Å²) in [5.74, 6) is -0.122. The summed E-state index contributed by atoms with van der Waals surface area (Å²) in [4.78, 5) is 14.2. The molecule has 1 amide bonds. The van der Waals surface area contributed by atoms with Gasteiger partial charge in [0.25, 0.3) is 5.91 Å². The molecular formula is C16H32INO2. The van der Waals surface area contributed by atoms with Crippen molar-refractivity contribution in [1.82, 2.24) is 4.90 Å². The Morgan fingerprint density at radius 3 is 2.00 bits per heavy atom. The molecule has 4 heteroatoms. The van der Waals surface area contributed by atoms with Gasteiger partial charge in [0.15, 0.2) is 0 Å². The molecule has 0 rings (SSSR count). The van der Waals surface area contributed by atoms with Crippen molar-refractivity contribution < 1.29 is 9.90 Å². The maximum absolute atomic E-state index is 12.4. The second-order valence-corrected chi connectivity index (χ2v) is 7.70. The molecule has 0 aliphatic rings. The molecule has 3 nitrogen and oxygen atoms in total. The Balaban J connectivity index is 4.27. The molecule has 1 N–H and O–H groups in total. The van der Waals surface area contributed by atoms with E-state index in [9.17, 15) is 9.90 Å². The summed E-state index contributed by atoms with van der Waals surface area (Å²) < 4.78 is 0.0155. The molecule has 0 aromatic carbocycles. The fraction of sp³-hybridized carbons (Fsp3) is 0.938. The maximum atomic E-state index is 12.4. The Morgan fingerprint density at radius 1 is 1.05 bits per heavy atom. The van der Waals surface area contributed by atoms with Gasteiger partial charge in [-0.15, -0.1) is 0 Å². The molecule has 0 spiro atoms. The quantitative estimate of drug-likeness (QED) is 0.342. The number of aliphatic hydroxyl groups excluding tert-OH is 1. The van der Waals surface area contributed by atoms with Crippen LogP contribution in [0.25, 0.3) is 0 Å². The van der Waals surface area contributed by atoms with Gasteiger partial charge >= 0.3 is 0 Å². The van der Waals surface area contributed by atoms with Crippen molar-refractivity contribution >= 4 is 28.5 Å². The van der Waals surface area contributed by atoms with Crippen molar-refractivity contribution in [3.05, 3.63) is 0 Å². The third kappa shape index (κ3) is 7.25. The second kappa shape index (κ2) is 10.8. The zero-order chi connectivity index (χ0) is 15.7. The highest BCUT2D eigenvalue weighted by molar-refractivity contribution is 14.1. The van der Waals surface area contributed by atoms with E-state index in [0.29, 0.717) is 0 Å². The van der Waals surface area contributed by atoms with Gasteiger partial charge in [-0.3, -0.25) is 4.79 Å². The van der Waals surface area contributed by atoms with Gasteiger partial charge in [0.05, 0.1) is 0 Å². The number of amides is 1. The Bertz CT molecular complexity index is 261. The Morgan fingerprint density at radius 2 is 1.55 bits per heavy atom. The van der Waals surface area contributed by atoms with E-state index in [1.165, 1.54) is 25.7 Å². The molecule has 0 aliphatic heterocycles. The molecule has 0 bridgehead atoms. The lowest BCUT2D eigenvalue weighted by atomic mass is 10.1. The highest BCUT2D eigenvalue weighted by Crippen LogP contribution is 2.20. The lowest BCUT2D eigenvalue weighted by Gasteiger charge is -2.33. The summed E-state index contributed by atoms with van der Waals surface area (Å²) in [5.41, 5.74) is 0. The molecule has 0 aliphatic carbocycles. The molecule has 0 aromatic heterocycles. The number of unbranched alkanes of at least 4 members (excludes halogenated alkanes) is 4. The number of carbonyl (C=O) groups excluding carboxylic acids is 1. The SMILES string of the molecule is CCCCCCC[C@@H](I)[C@@H](O)C(=O)N(C(C)C)C(C)C. The number of alkyl halides is 1. The summed E-state index contributed by atoms with van der Waals surface area (Å²) in [7, 11) is 0. The number of hydrogen-bond acceptors (Lipinski definition) is 2. The lowest BCUT2D eigenvalue weighted by molar-refractivity contribution is -0.143. The molecule has 2 atom stereocenters. The first kappa shape index (κ1) is 20.2. The predicted octanol–water partition coefficient (Wildman–Crippen LogP) is 4.16. The third-order valence-electron chi connectivity index (χ3n) is 3.55. The van der Waals surface area contributed by atoms with Crippen LogP contribution in [0.3, 0.4) is 0 Å². The minimum Gasteiger partial charge on any atom is -0.382 e. The molecular weight excluding hydrogens is 365 g/mol. The van der Waals surface area contributed by atoms with E-state index in [2.05, 4.69) is 29.5 Å². The van der Waals surface area contributed by atoms with E-state index < -0.39 is 6.10 Å². The van der Waals surface area contributed by atoms with Crippen LogP contribution in [0.15, 0.2) is 0 Å². The maximum Gasteiger partial charge on any atom is 0.252 e. The molecule has 0 aromatic rings. The monoisotopic (exact) mass is 397 g/mol. The van der Waals surface area contributed by atoms with Crippen LogP contribution in [0.4, 0.5) is 0 Å². The number of aliphatic hydroxyl groups is 1. The van der Waals surface area contributed by atoms with Crippen molar-refractivity contribution in [2.45, 2.75) is 95.3 Å². The summed E-state index contributed by atoms with van der Waals surface area (Å²) in [6.45, 7) is 10.2. The van der Waals surface area contributed by atoms with Gasteiger partial charge in [0.2, 0.25) is 0 Å². The second-order valence-electron chi connectivity index (χ2n) is 6.10. The zero-order valence-electron chi connectivity index (χ0n) is 13.7. The van der Waals surface area contributed by atoms with Crippen LogP contribution in [0.1, 0.15) is 73.1 Å². The minimum absolute atomic E-state index is 0.0155. The van der Waals surface area contributed by atoms with Crippen molar-refractivity contribution in [2.75, 3.05) is 0 Å². The normalized spacial score (nSPS) is 14.7. The largest absolute Gasteiger partial charge is 0.382 e. The number of hydrogen-bond donors (Lipinski definition) is 1. The summed E-state index contributed by atoms with van der Waals surface area (Å²) >= 11 is 2.23. The average Bonchev–Trinajstić information content (AvgIpc) is 2.36. The van der Waals surface area contributed by atoms with Crippen molar-refractivity contribution in [3.63, 3.8) is 0 Å². The van der Waals surface area contributed by atoms with Crippen molar-refractivity contribution in [1.29, 1.82) is 0 Å². The van der Waals surface area contributed by atoms with Crippen LogP contribution in [0.2, 0.25) is 0 Å². The highest BCUT2D eigenvalue weighted by Gasteiger charge is 2.30. The fourth-order valence-electron chi connectivity index (χ4n) is 2.51. The Labute approximate surface area is 138 Å². The van der Waals surface area contributed by atoms with E-state index >= 15 is 0 Å². The topological polar surface area (TPSA) is 40.5 Å². The molecule has 0 fully saturated rings. The van der Waals surface area contributed by atoms with E-state index in [-0.39, 0.29) is 21.9 Å². The van der Waals surface area contributed by atoms with E-state index in [0.717, 1.165) is 12.8 Å². The van der Waals surface area contributed by atoms with E-state index in [4.69, 9.17) is 0 Å². The first-order valence-electron chi connectivity index (χ1n) is 7.97. The third-order valence-corrected chi connectivity index (χ3v) is 4.85. The molecule has 0 heterocycles. The molecule has 0 saturated heterocycles. The molecule has 0 radical (unpaired) electrons. The van der Waals surface area contributed by atoms with Crippen LogP contribution in [-0.4, -0.2) is 38.0 Å². The zero-order valence-corrected chi connectivity index (χ0v) is 15.9. The highest BCUT2D eigenvalue weighted by atomic mass is 127. The first-order valence-corrected chi connectivity index (χ1v) is 9.21. The molecule has 0 unspecified atom stereocenters. The first-order chi connectivity index (χ1) is 9.32. The van der Waals surface area contributed by atoms with Crippen molar-refractivity contribution in [3.8, 4) is 0 Å². The minimum atomic E-state index is -0.869. The Hall–Kier alpha value is 0.160. The van der Waals surface area contributed by atoms with E-state index in [1.807, 2.05) is 27.7 Å². The Kier molecular flexibility index (Phi) is 10.9.